The Morgan fingerprint density at radius 3 is 2.24 bits per heavy atom. The molecule has 0 saturated heterocycles. The molecule has 17 heavy (non-hydrogen) atoms. The molecule has 0 heterocycles. The number of carbonyl (C=O) groups excluding carboxylic acids is 1. The number of carbonyl (C=O) groups is 1. The fourth-order valence-corrected chi connectivity index (χ4v) is 1.20. The van der Waals surface area contributed by atoms with Crippen LogP contribution in [-0.2, 0) is 4.79 Å². The number of rotatable bonds is 4. The van der Waals surface area contributed by atoms with Gasteiger partial charge in [-0.2, -0.15) is 0 Å². The largest absolute Gasteiger partial charge is 0.497 e. The third-order valence-corrected chi connectivity index (χ3v) is 2.38. The van der Waals surface area contributed by atoms with Crippen molar-refractivity contribution in [1.29, 1.82) is 0 Å². The molecule has 0 spiro atoms. The summed E-state index contributed by atoms with van der Waals surface area (Å²) in [6.07, 6.45) is 0. The molecule has 1 rings (SSSR count). The van der Waals surface area contributed by atoms with Crippen molar-refractivity contribution >= 4 is 24.0 Å². The molecule has 5 heteroatoms. The molecule has 0 aromatic heterocycles. The zero-order valence-corrected chi connectivity index (χ0v) is 11.1. The van der Waals surface area contributed by atoms with Crippen molar-refractivity contribution in [1.82, 2.24) is 0 Å². The van der Waals surface area contributed by atoms with E-state index in [1.165, 1.54) is 0 Å². The monoisotopic (exact) mass is 258 g/mol. The lowest BCUT2D eigenvalue weighted by Crippen LogP contribution is -2.39. The molecule has 0 bridgehead atoms. The van der Waals surface area contributed by atoms with Gasteiger partial charge in [-0.3, -0.25) is 4.79 Å². The van der Waals surface area contributed by atoms with Gasteiger partial charge in [0.2, 0.25) is 5.91 Å². The quantitative estimate of drug-likeness (QED) is 0.869. The summed E-state index contributed by atoms with van der Waals surface area (Å²) in [5.74, 6) is 0.713. The standard InChI is InChI=1S/C12H18N2O2.ClH/c1-8(2)11(13)12(15)14-9-4-6-10(16-3)7-5-9;/h4-8,11H,13H2,1-3H3,(H,14,15);1H. The number of nitrogens with one attached hydrogen (secondary N) is 1. The van der Waals surface area contributed by atoms with Crippen LogP contribution in [0.2, 0.25) is 0 Å². The van der Waals surface area contributed by atoms with E-state index in [-0.39, 0.29) is 24.2 Å². The minimum Gasteiger partial charge on any atom is -0.497 e. The molecule has 1 aromatic carbocycles. The van der Waals surface area contributed by atoms with E-state index >= 15 is 0 Å². The highest BCUT2D eigenvalue weighted by Crippen LogP contribution is 2.15. The molecule has 1 aromatic rings. The first-order valence-corrected chi connectivity index (χ1v) is 5.25. The summed E-state index contributed by atoms with van der Waals surface area (Å²) in [6.45, 7) is 3.83. The van der Waals surface area contributed by atoms with E-state index in [1.54, 1.807) is 31.4 Å². The highest BCUT2D eigenvalue weighted by Gasteiger charge is 2.16. The molecule has 0 radical (unpaired) electrons. The van der Waals surface area contributed by atoms with Crippen LogP contribution in [0, 0.1) is 5.92 Å². The molecule has 3 N–H and O–H groups in total. The Morgan fingerprint density at radius 2 is 1.82 bits per heavy atom. The van der Waals surface area contributed by atoms with Crippen molar-refractivity contribution < 1.29 is 9.53 Å². The summed E-state index contributed by atoms with van der Waals surface area (Å²) < 4.78 is 5.02. The van der Waals surface area contributed by atoms with Crippen LogP contribution >= 0.6 is 12.4 Å². The minimum atomic E-state index is -0.484. The van der Waals surface area contributed by atoms with Crippen LogP contribution in [0.3, 0.4) is 0 Å². The second kappa shape index (κ2) is 7.14. The zero-order chi connectivity index (χ0) is 12.1. The summed E-state index contributed by atoms with van der Waals surface area (Å²) in [6, 6.07) is 6.66. The van der Waals surface area contributed by atoms with E-state index in [9.17, 15) is 4.79 Å². The van der Waals surface area contributed by atoms with Crippen molar-refractivity contribution in [2.24, 2.45) is 11.7 Å². The second-order valence-electron chi connectivity index (χ2n) is 3.99. The highest BCUT2D eigenvalue weighted by atomic mass is 35.5. The van der Waals surface area contributed by atoms with E-state index in [0.717, 1.165) is 11.4 Å². The first-order valence-electron chi connectivity index (χ1n) is 5.25. The van der Waals surface area contributed by atoms with Gasteiger partial charge >= 0.3 is 0 Å². The topological polar surface area (TPSA) is 64.3 Å². The average molecular weight is 259 g/mol. The summed E-state index contributed by atoms with van der Waals surface area (Å²) in [5.41, 5.74) is 6.45. The summed E-state index contributed by atoms with van der Waals surface area (Å²) in [7, 11) is 1.60. The number of methoxy groups -OCH3 is 1. The maximum atomic E-state index is 11.6. The molecular formula is C12H19ClN2O2. The fraction of sp³-hybridized carbons (Fsp3) is 0.417. The van der Waals surface area contributed by atoms with E-state index in [0.29, 0.717) is 0 Å². The number of anilines is 1. The zero-order valence-electron chi connectivity index (χ0n) is 10.3. The maximum Gasteiger partial charge on any atom is 0.241 e. The van der Waals surface area contributed by atoms with Crippen molar-refractivity contribution in [3.63, 3.8) is 0 Å². The fourth-order valence-electron chi connectivity index (χ4n) is 1.20. The highest BCUT2D eigenvalue weighted by molar-refractivity contribution is 5.94. The summed E-state index contributed by atoms with van der Waals surface area (Å²) in [4.78, 5) is 11.6. The first-order chi connectivity index (χ1) is 7.54. The molecule has 4 nitrogen and oxygen atoms in total. The Hall–Kier alpha value is -1.26. The van der Waals surface area contributed by atoms with Crippen LogP contribution < -0.4 is 15.8 Å². The van der Waals surface area contributed by atoms with Crippen molar-refractivity contribution in [3.8, 4) is 5.75 Å². The molecule has 1 unspecified atom stereocenters. The van der Waals surface area contributed by atoms with E-state index in [2.05, 4.69) is 5.32 Å². The number of hydrogen-bond donors (Lipinski definition) is 2. The molecule has 0 aliphatic carbocycles. The molecule has 0 saturated carbocycles. The SMILES string of the molecule is COc1ccc(NC(=O)C(N)C(C)C)cc1.Cl. The molecule has 0 aliphatic rings. The minimum absolute atomic E-state index is 0. The van der Waals surface area contributed by atoms with Gasteiger partial charge in [0.15, 0.2) is 0 Å². The van der Waals surface area contributed by atoms with Crippen LogP contribution in [0.4, 0.5) is 5.69 Å². The van der Waals surface area contributed by atoms with Gasteiger partial charge in [0.1, 0.15) is 5.75 Å². The lowest BCUT2D eigenvalue weighted by atomic mass is 10.1. The van der Waals surface area contributed by atoms with Gasteiger partial charge in [0.25, 0.3) is 0 Å². The van der Waals surface area contributed by atoms with Crippen molar-refractivity contribution in [3.05, 3.63) is 24.3 Å². The van der Waals surface area contributed by atoms with Gasteiger partial charge in [0, 0.05) is 5.69 Å². The van der Waals surface area contributed by atoms with Crippen molar-refractivity contribution in [2.45, 2.75) is 19.9 Å². The van der Waals surface area contributed by atoms with Crippen LogP contribution in [-0.4, -0.2) is 19.1 Å². The van der Waals surface area contributed by atoms with Crippen LogP contribution in [0.5, 0.6) is 5.75 Å². The predicted octanol–water partition coefficient (Wildman–Crippen LogP) is 2.04. The van der Waals surface area contributed by atoms with Gasteiger partial charge in [-0.1, -0.05) is 13.8 Å². The Bertz CT molecular complexity index is 352. The molecule has 1 atom stereocenters. The Kier molecular flexibility index (Phi) is 6.61. The number of ether oxygens (including phenoxy) is 1. The smallest absolute Gasteiger partial charge is 0.241 e. The third-order valence-electron chi connectivity index (χ3n) is 2.38. The number of benzene rings is 1. The van der Waals surface area contributed by atoms with Gasteiger partial charge < -0.3 is 15.8 Å². The van der Waals surface area contributed by atoms with Gasteiger partial charge in [-0.25, -0.2) is 0 Å². The average Bonchev–Trinajstić information content (AvgIpc) is 2.28. The van der Waals surface area contributed by atoms with Gasteiger partial charge in [-0.05, 0) is 30.2 Å². The Morgan fingerprint density at radius 1 is 1.29 bits per heavy atom. The molecule has 96 valence electrons. The van der Waals surface area contributed by atoms with Crippen LogP contribution in [0.15, 0.2) is 24.3 Å². The lowest BCUT2D eigenvalue weighted by Gasteiger charge is -2.15. The molecule has 0 fully saturated rings. The van der Waals surface area contributed by atoms with E-state index < -0.39 is 6.04 Å². The second-order valence-corrected chi connectivity index (χ2v) is 3.99. The molecule has 0 aliphatic heterocycles. The van der Waals surface area contributed by atoms with Crippen LogP contribution in [0.1, 0.15) is 13.8 Å². The summed E-state index contributed by atoms with van der Waals surface area (Å²) in [5, 5.41) is 2.75. The molecular weight excluding hydrogens is 240 g/mol. The van der Waals surface area contributed by atoms with Crippen molar-refractivity contribution in [2.75, 3.05) is 12.4 Å². The van der Waals surface area contributed by atoms with E-state index in [1.807, 2.05) is 13.8 Å². The number of amides is 1. The lowest BCUT2D eigenvalue weighted by molar-refractivity contribution is -0.118. The predicted molar refractivity (Wildman–Crippen MR) is 71.7 cm³/mol. The number of halogens is 1. The summed E-state index contributed by atoms with van der Waals surface area (Å²) >= 11 is 0. The van der Waals surface area contributed by atoms with E-state index in [4.69, 9.17) is 10.5 Å². The molecule has 1 amide bonds. The number of nitrogens with two attached hydrogens (primary N) is 1. The Labute approximate surface area is 108 Å². The number of hydrogen-bond acceptors (Lipinski definition) is 3. The van der Waals surface area contributed by atoms with Crippen LogP contribution in [0.25, 0.3) is 0 Å². The van der Waals surface area contributed by atoms with Gasteiger partial charge in [0.05, 0.1) is 13.2 Å². The first kappa shape index (κ1) is 15.7. The Balaban J connectivity index is 0.00000256. The normalized spacial score (nSPS) is 11.6. The maximum absolute atomic E-state index is 11.6. The third kappa shape index (κ3) is 4.63. The van der Waals surface area contributed by atoms with Gasteiger partial charge in [-0.15, -0.1) is 12.4 Å².